The van der Waals surface area contributed by atoms with Gasteiger partial charge in [0.1, 0.15) is 36.8 Å². The standard InChI is InChI=1S/C43H78O12S/c1-3-5-7-9-11-13-15-17-18-20-21-23-25-27-29-31-38(44)52-33-36(34-53-43-42(48)41(47)40(46)37(55-43)35-56(49,50)51)54-39(45)32-30-28-26-24-22-19-16-14-12-10-8-6-4-2/h9,11,19,22,36-37,40-43,46-48H,3-8,10,12-18,20-21,23-35H2,1-2H3,(H,49,50,51)/b11-9+,22-19+/t36-,37-,40-,41?,42?,43+/m1/s1. The molecule has 4 N–H and O–H groups in total. The molecule has 0 aliphatic carbocycles. The van der Waals surface area contributed by atoms with Gasteiger partial charge in [-0.05, 0) is 57.8 Å². The number of rotatable bonds is 36. The summed E-state index contributed by atoms with van der Waals surface area (Å²) in [5.74, 6) is -2.00. The molecule has 1 saturated heterocycles. The number of esters is 2. The van der Waals surface area contributed by atoms with E-state index in [0.717, 1.165) is 44.9 Å². The zero-order chi connectivity index (χ0) is 41.3. The summed E-state index contributed by atoms with van der Waals surface area (Å²) in [5.41, 5.74) is 0. The molecule has 56 heavy (non-hydrogen) atoms. The first kappa shape index (κ1) is 52.1. The fraction of sp³-hybridized carbons (Fsp3) is 0.860. The van der Waals surface area contributed by atoms with Crippen molar-refractivity contribution < 1.29 is 56.8 Å². The highest BCUT2D eigenvalue weighted by atomic mass is 32.2. The molecule has 13 heteroatoms. The maximum atomic E-state index is 12.8. The molecule has 6 atom stereocenters. The van der Waals surface area contributed by atoms with Gasteiger partial charge in [-0.25, -0.2) is 0 Å². The van der Waals surface area contributed by atoms with Crippen molar-refractivity contribution in [3.63, 3.8) is 0 Å². The lowest BCUT2D eigenvalue weighted by Crippen LogP contribution is -2.60. The van der Waals surface area contributed by atoms with E-state index in [1.165, 1.54) is 96.3 Å². The average molecular weight is 819 g/mol. The zero-order valence-corrected chi connectivity index (χ0v) is 35.6. The Morgan fingerprint density at radius 3 is 1.55 bits per heavy atom. The van der Waals surface area contributed by atoms with Crippen LogP contribution in [0, 0.1) is 0 Å². The van der Waals surface area contributed by atoms with Gasteiger partial charge >= 0.3 is 11.9 Å². The average Bonchev–Trinajstić information content (AvgIpc) is 3.16. The monoisotopic (exact) mass is 819 g/mol. The van der Waals surface area contributed by atoms with Crippen LogP contribution in [0.25, 0.3) is 0 Å². The first-order valence-corrected chi connectivity index (χ1v) is 23.5. The molecule has 0 spiro atoms. The van der Waals surface area contributed by atoms with E-state index < -0.39 is 71.2 Å². The number of unbranched alkanes of at least 4 members (excludes halogenated alkanes) is 20. The number of hydrogen-bond acceptors (Lipinski definition) is 11. The number of aliphatic hydroxyl groups is 3. The van der Waals surface area contributed by atoms with Gasteiger partial charge in [0.25, 0.3) is 10.1 Å². The summed E-state index contributed by atoms with van der Waals surface area (Å²) in [4.78, 5) is 25.3. The number of carbonyl (C=O) groups excluding carboxylic acids is 2. The lowest BCUT2D eigenvalue weighted by atomic mass is 10.00. The lowest BCUT2D eigenvalue weighted by Gasteiger charge is -2.40. The van der Waals surface area contributed by atoms with E-state index in [4.69, 9.17) is 18.9 Å². The SMILES string of the molecule is CCCC/C=C/CCCCCCCCCCCC(=O)OC[C@H](CO[C@H]1O[C@H](CS(=O)(=O)O)[C@@H](O)C(O)C1O)OC(=O)CCCCC/C=C/CCCCCCCC. The Balaban J connectivity index is 2.47. The van der Waals surface area contributed by atoms with Gasteiger partial charge in [0.2, 0.25) is 0 Å². The Labute approximate surface area is 338 Å². The smallest absolute Gasteiger partial charge is 0.306 e. The molecule has 1 fully saturated rings. The van der Waals surface area contributed by atoms with E-state index in [2.05, 4.69) is 38.2 Å². The topological polar surface area (TPSA) is 186 Å². The van der Waals surface area contributed by atoms with Crippen LogP contribution in [0.1, 0.15) is 181 Å². The summed E-state index contributed by atoms with van der Waals surface area (Å²) in [7, 11) is -4.60. The molecular formula is C43H78O12S. The Bertz CT molecular complexity index is 1140. The van der Waals surface area contributed by atoms with Gasteiger partial charge in [-0.1, -0.05) is 134 Å². The minimum absolute atomic E-state index is 0.145. The van der Waals surface area contributed by atoms with Crippen molar-refractivity contribution in [1.82, 2.24) is 0 Å². The van der Waals surface area contributed by atoms with Crippen LogP contribution in [0.4, 0.5) is 0 Å². The molecule has 1 aliphatic rings. The van der Waals surface area contributed by atoms with E-state index in [0.29, 0.717) is 12.8 Å². The van der Waals surface area contributed by atoms with Crippen LogP contribution in [0.5, 0.6) is 0 Å². The minimum atomic E-state index is -4.60. The van der Waals surface area contributed by atoms with E-state index in [9.17, 15) is 37.9 Å². The van der Waals surface area contributed by atoms with Crippen molar-refractivity contribution in [2.75, 3.05) is 19.0 Å². The van der Waals surface area contributed by atoms with Gasteiger partial charge in [-0.3, -0.25) is 14.1 Å². The first-order chi connectivity index (χ1) is 27.0. The van der Waals surface area contributed by atoms with Crippen molar-refractivity contribution in [3.05, 3.63) is 24.3 Å². The summed E-state index contributed by atoms with van der Waals surface area (Å²) in [6, 6.07) is 0. The van der Waals surface area contributed by atoms with Crippen molar-refractivity contribution >= 4 is 22.1 Å². The Morgan fingerprint density at radius 1 is 0.589 bits per heavy atom. The molecular weight excluding hydrogens is 741 g/mol. The maximum absolute atomic E-state index is 12.8. The third-order valence-corrected chi connectivity index (χ3v) is 10.8. The normalized spacial score (nSPS) is 20.9. The van der Waals surface area contributed by atoms with Crippen LogP contribution >= 0.6 is 0 Å². The Morgan fingerprint density at radius 2 is 1.04 bits per heavy atom. The van der Waals surface area contributed by atoms with Crippen LogP contribution in [-0.2, 0) is 38.7 Å². The molecule has 0 saturated carbocycles. The van der Waals surface area contributed by atoms with Gasteiger partial charge < -0.3 is 34.3 Å². The van der Waals surface area contributed by atoms with Crippen LogP contribution in [-0.4, -0.2) is 96.0 Å². The molecule has 1 heterocycles. The molecule has 328 valence electrons. The zero-order valence-electron chi connectivity index (χ0n) is 34.7. The van der Waals surface area contributed by atoms with Gasteiger partial charge in [0.15, 0.2) is 12.4 Å². The number of ether oxygens (including phenoxy) is 4. The number of aliphatic hydroxyl groups excluding tert-OH is 3. The van der Waals surface area contributed by atoms with Crippen LogP contribution < -0.4 is 0 Å². The Kier molecular flexibility index (Phi) is 31.7. The molecule has 0 aromatic rings. The van der Waals surface area contributed by atoms with Gasteiger partial charge in [0.05, 0.1) is 6.61 Å². The van der Waals surface area contributed by atoms with Crippen molar-refractivity contribution in [2.45, 2.75) is 218 Å². The summed E-state index contributed by atoms with van der Waals surface area (Å²) in [6.45, 7) is 3.70. The molecule has 0 bridgehead atoms. The fourth-order valence-corrected chi connectivity index (χ4v) is 7.22. The van der Waals surface area contributed by atoms with Crippen LogP contribution in [0.3, 0.4) is 0 Å². The predicted octanol–water partition coefficient (Wildman–Crippen LogP) is 8.45. The molecule has 0 amide bonds. The van der Waals surface area contributed by atoms with Crippen molar-refractivity contribution in [2.24, 2.45) is 0 Å². The largest absolute Gasteiger partial charge is 0.462 e. The van der Waals surface area contributed by atoms with Gasteiger partial charge in [0, 0.05) is 12.8 Å². The van der Waals surface area contributed by atoms with Gasteiger partial charge in [-0.2, -0.15) is 8.42 Å². The highest BCUT2D eigenvalue weighted by molar-refractivity contribution is 7.85. The molecule has 0 aromatic carbocycles. The quantitative estimate of drug-likeness (QED) is 0.0205. The van der Waals surface area contributed by atoms with Crippen molar-refractivity contribution in [1.29, 1.82) is 0 Å². The lowest BCUT2D eigenvalue weighted by molar-refractivity contribution is -0.297. The molecule has 1 aliphatic heterocycles. The highest BCUT2D eigenvalue weighted by Gasteiger charge is 2.46. The Hall–Kier alpha value is -1.87. The predicted molar refractivity (Wildman–Crippen MR) is 220 cm³/mol. The molecule has 0 radical (unpaired) electrons. The highest BCUT2D eigenvalue weighted by Crippen LogP contribution is 2.24. The summed E-state index contributed by atoms with van der Waals surface area (Å²) in [6.07, 6.45) is 26.5. The van der Waals surface area contributed by atoms with E-state index in [-0.39, 0.29) is 19.4 Å². The third kappa shape index (κ3) is 28.5. The second-order valence-electron chi connectivity index (χ2n) is 15.4. The van der Waals surface area contributed by atoms with Crippen LogP contribution in [0.15, 0.2) is 24.3 Å². The van der Waals surface area contributed by atoms with E-state index in [1.54, 1.807) is 0 Å². The molecule has 0 aromatic heterocycles. The van der Waals surface area contributed by atoms with Crippen LogP contribution in [0.2, 0.25) is 0 Å². The van der Waals surface area contributed by atoms with E-state index >= 15 is 0 Å². The number of carbonyl (C=O) groups is 2. The summed E-state index contributed by atoms with van der Waals surface area (Å²) in [5, 5.41) is 30.8. The minimum Gasteiger partial charge on any atom is -0.462 e. The van der Waals surface area contributed by atoms with Gasteiger partial charge in [-0.15, -0.1) is 0 Å². The summed E-state index contributed by atoms with van der Waals surface area (Å²) < 4.78 is 54.0. The van der Waals surface area contributed by atoms with Crippen molar-refractivity contribution in [3.8, 4) is 0 Å². The van der Waals surface area contributed by atoms with E-state index in [1.807, 2.05) is 0 Å². The number of allylic oxidation sites excluding steroid dienone is 4. The molecule has 12 nitrogen and oxygen atoms in total. The second-order valence-corrected chi connectivity index (χ2v) is 16.9. The fourth-order valence-electron chi connectivity index (χ4n) is 6.53. The third-order valence-electron chi connectivity index (χ3n) is 10.0. The molecule has 1 rings (SSSR count). The first-order valence-electron chi connectivity index (χ1n) is 21.9. The summed E-state index contributed by atoms with van der Waals surface area (Å²) >= 11 is 0. The number of hydrogen-bond donors (Lipinski definition) is 4. The second kappa shape index (κ2) is 34.0. The maximum Gasteiger partial charge on any atom is 0.306 e. The molecule has 2 unspecified atom stereocenters.